The molecule has 70 valence electrons. The third kappa shape index (κ3) is 0.988. The molecule has 2 nitrogen and oxygen atoms in total. The Hall–Kier alpha value is -1.96. The second-order valence-electron chi connectivity index (χ2n) is 3.98. The smallest absolute Gasteiger partial charge is 0.0896 e. The first-order valence-electron chi connectivity index (χ1n) is 5.08. The molecule has 1 aliphatic rings. The summed E-state index contributed by atoms with van der Waals surface area (Å²) in [6.45, 7) is 0. The Morgan fingerprint density at radius 3 is 1.87 bits per heavy atom. The summed E-state index contributed by atoms with van der Waals surface area (Å²) >= 11 is 0. The summed E-state index contributed by atoms with van der Waals surface area (Å²) in [6, 6.07) is 12.6. The van der Waals surface area contributed by atoms with Gasteiger partial charge in [-0.15, -0.1) is 0 Å². The fraction of sp³-hybridized carbons (Fsp3) is 0.0769. The Labute approximate surface area is 86.6 Å². The molecule has 2 aromatic carbocycles. The van der Waals surface area contributed by atoms with Gasteiger partial charge in [-0.1, -0.05) is 24.3 Å². The third-order valence-electron chi connectivity index (χ3n) is 2.90. The molecule has 4 rings (SSSR count). The summed E-state index contributed by atoms with van der Waals surface area (Å²) < 4.78 is 0. The van der Waals surface area contributed by atoms with Crippen LogP contribution in [0.2, 0.25) is 0 Å². The van der Waals surface area contributed by atoms with Gasteiger partial charge < -0.3 is 0 Å². The van der Waals surface area contributed by atoms with Gasteiger partial charge in [0, 0.05) is 6.42 Å². The molecular weight excluding hydrogens is 184 g/mol. The van der Waals surface area contributed by atoms with Crippen molar-refractivity contribution in [3.63, 3.8) is 0 Å². The third-order valence-corrected chi connectivity index (χ3v) is 2.90. The fourth-order valence-corrected chi connectivity index (χ4v) is 2.01. The lowest BCUT2D eigenvalue weighted by Gasteiger charge is -1.99. The molecular formula is C13H8N2. The van der Waals surface area contributed by atoms with Crippen molar-refractivity contribution in [3.8, 4) is 0 Å². The van der Waals surface area contributed by atoms with Gasteiger partial charge in [0.15, 0.2) is 0 Å². The molecule has 1 aliphatic carbocycles. The van der Waals surface area contributed by atoms with Crippen LogP contribution in [0.4, 0.5) is 0 Å². The van der Waals surface area contributed by atoms with Gasteiger partial charge in [-0.25, -0.2) is 9.97 Å². The highest BCUT2D eigenvalue weighted by molar-refractivity contribution is 5.95. The molecule has 0 fully saturated rings. The standard InChI is InChI=1S/C13H8N2/c1-2-4-9-6-11-10(5-8(9)3-1)14-12-7-13(12)15-11/h1-6H,7H2. The number of hydrogen-bond donors (Lipinski definition) is 0. The molecule has 0 radical (unpaired) electrons. The molecule has 0 N–H and O–H groups in total. The van der Waals surface area contributed by atoms with Gasteiger partial charge in [-0.3, -0.25) is 0 Å². The van der Waals surface area contributed by atoms with Crippen LogP contribution in [0, 0.1) is 0 Å². The number of rotatable bonds is 0. The van der Waals surface area contributed by atoms with Crippen LogP contribution in [-0.2, 0) is 6.42 Å². The van der Waals surface area contributed by atoms with Gasteiger partial charge in [0.1, 0.15) is 0 Å². The van der Waals surface area contributed by atoms with E-state index in [9.17, 15) is 0 Å². The Kier molecular flexibility index (Phi) is 1.15. The number of nitrogens with zero attached hydrogens (tertiary/aromatic N) is 2. The lowest BCUT2D eigenvalue weighted by Crippen LogP contribution is -1.82. The maximum absolute atomic E-state index is 4.56. The summed E-state index contributed by atoms with van der Waals surface area (Å²) in [6.07, 6.45) is 0.977. The molecule has 0 unspecified atom stereocenters. The quantitative estimate of drug-likeness (QED) is 0.400. The Morgan fingerprint density at radius 2 is 1.33 bits per heavy atom. The van der Waals surface area contributed by atoms with Crippen molar-refractivity contribution in [3.05, 3.63) is 47.8 Å². The van der Waals surface area contributed by atoms with Gasteiger partial charge in [-0.2, -0.15) is 0 Å². The molecule has 3 aromatic rings. The topological polar surface area (TPSA) is 25.8 Å². The first kappa shape index (κ1) is 7.35. The molecule has 1 aromatic heterocycles. The van der Waals surface area contributed by atoms with E-state index in [1.807, 2.05) is 0 Å². The molecule has 15 heavy (non-hydrogen) atoms. The molecule has 1 heterocycles. The zero-order valence-corrected chi connectivity index (χ0v) is 8.07. The van der Waals surface area contributed by atoms with Crippen molar-refractivity contribution in [1.82, 2.24) is 9.97 Å². The van der Waals surface area contributed by atoms with Gasteiger partial charge in [-0.05, 0) is 22.9 Å². The zero-order chi connectivity index (χ0) is 9.83. The van der Waals surface area contributed by atoms with E-state index in [0.717, 1.165) is 28.8 Å². The van der Waals surface area contributed by atoms with Crippen molar-refractivity contribution >= 4 is 21.8 Å². The van der Waals surface area contributed by atoms with Gasteiger partial charge >= 0.3 is 0 Å². The van der Waals surface area contributed by atoms with Crippen LogP contribution in [0.15, 0.2) is 36.4 Å². The van der Waals surface area contributed by atoms with Gasteiger partial charge in [0.2, 0.25) is 0 Å². The second-order valence-corrected chi connectivity index (χ2v) is 3.98. The first-order valence-corrected chi connectivity index (χ1v) is 5.08. The number of aromatic nitrogens is 2. The Morgan fingerprint density at radius 1 is 0.800 bits per heavy atom. The molecule has 0 amide bonds. The highest BCUT2D eigenvalue weighted by Crippen LogP contribution is 2.28. The van der Waals surface area contributed by atoms with Gasteiger partial charge in [0.25, 0.3) is 0 Å². The highest BCUT2D eigenvalue weighted by atomic mass is 14.9. The average Bonchev–Trinajstić information content (AvgIpc) is 3.00. The van der Waals surface area contributed by atoms with Crippen LogP contribution in [0.3, 0.4) is 0 Å². The van der Waals surface area contributed by atoms with Gasteiger partial charge in [0.05, 0.1) is 22.4 Å². The van der Waals surface area contributed by atoms with Crippen LogP contribution < -0.4 is 0 Å². The van der Waals surface area contributed by atoms with E-state index in [0.29, 0.717) is 0 Å². The van der Waals surface area contributed by atoms with Crippen LogP contribution in [0.25, 0.3) is 21.8 Å². The lowest BCUT2D eigenvalue weighted by molar-refractivity contribution is 1.34. The van der Waals surface area contributed by atoms with Crippen molar-refractivity contribution in [2.45, 2.75) is 6.42 Å². The van der Waals surface area contributed by atoms with E-state index in [-0.39, 0.29) is 0 Å². The zero-order valence-electron chi connectivity index (χ0n) is 8.07. The maximum Gasteiger partial charge on any atom is 0.0896 e. The van der Waals surface area contributed by atoms with Crippen molar-refractivity contribution in [2.24, 2.45) is 0 Å². The van der Waals surface area contributed by atoms with Crippen LogP contribution in [-0.4, -0.2) is 9.97 Å². The van der Waals surface area contributed by atoms with Crippen molar-refractivity contribution < 1.29 is 0 Å². The predicted molar refractivity (Wildman–Crippen MR) is 59.9 cm³/mol. The Balaban J connectivity index is 2.22. The molecule has 0 bridgehead atoms. The molecule has 0 aliphatic heterocycles. The largest absolute Gasteiger partial charge is 0.249 e. The normalized spacial score (nSPS) is 13.1. The highest BCUT2D eigenvalue weighted by Gasteiger charge is 2.21. The predicted octanol–water partition coefficient (Wildman–Crippen LogP) is 2.69. The SMILES string of the molecule is c1ccc2cc3nc4c(nc3cc2c1)C4. The number of hydrogen-bond acceptors (Lipinski definition) is 2. The van der Waals surface area contributed by atoms with Crippen LogP contribution >= 0.6 is 0 Å². The molecule has 0 atom stereocenters. The fourth-order valence-electron chi connectivity index (χ4n) is 2.01. The molecule has 0 spiro atoms. The maximum atomic E-state index is 4.56. The average molecular weight is 192 g/mol. The summed E-state index contributed by atoms with van der Waals surface area (Å²) in [5.41, 5.74) is 4.37. The summed E-state index contributed by atoms with van der Waals surface area (Å²) in [4.78, 5) is 9.11. The first-order chi connectivity index (χ1) is 7.40. The monoisotopic (exact) mass is 192 g/mol. The van der Waals surface area contributed by atoms with E-state index >= 15 is 0 Å². The molecule has 2 heteroatoms. The molecule has 0 saturated carbocycles. The van der Waals surface area contributed by atoms with Crippen LogP contribution in [0.5, 0.6) is 0 Å². The van der Waals surface area contributed by atoms with Crippen LogP contribution in [0.1, 0.15) is 11.4 Å². The second kappa shape index (κ2) is 2.34. The number of benzene rings is 2. The Bertz CT molecular complexity index is 641. The summed E-state index contributed by atoms with van der Waals surface area (Å²) in [5.74, 6) is 0. The minimum Gasteiger partial charge on any atom is -0.249 e. The minimum absolute atomic E-state index is 0.977. The van der Waals surface area contributed by atoms with E-state index in [2.05, 4.69) is 46.4 Å². The number of fused-ring (bicyclic) bond motifs is 3. The van der Waals surface area contributed by atoms with Crippen molar-refractivity contribution in [1.29, 1.82) is 0 Å². The summed E-state index contributed by atoms with van der Waals surface area (Å²) in [5, 5.41) is 2.47. The lowest BCUT2D eigenvalue weighted by atomic mass is 10.1. The van der Waals surface area contributed by atoms with E-state index in [1.165, 1.54) is 10.8 Å². The summed E-state index contributed by atoms with van der Waals surface area (Å²) in [7, 11) is 0. The molecule has 0 saturated heterocycles. The van der Waals surface area contributed by atoms with E-state index < -0.39 is 0 Å². The van der Waals surface area contributed by atoms with E-state index in [4.69, 9.17) is 0 Å². The van der Waals surface area contributed by atoms with E-state index in [1.54, 1.807) is 0 Å². The van der Waals surface area contributed by atoms with Crippen molar-refractivity contribution in [2.75, 3.05) is 0 Å². The minimum atomic E-state index is 0.977.